The fourth-order valence-corrected chi connectivity index (χ4v) is 2.00. The Morgan fingerprint density at radius 1 is 1.20 bits per heavy atom. The molecule has 1 aromatic rings. The monoisotopic (exact) mass is 279 g/mol. The molecular weight excluding hydrogens is 258 g/mol. The minimum atomic E-state index is -0.914. The maximum Gasteiger partial charge on any atom is 0.303 e. The van der Waals surface area contributed by atoms with Gasteiger partial charge in [0.1, 0.15) is 5.75 Å². The molecule has 0 aliphatic heterocycles. The van der Waals surface area contributed by atoms with E-state index in [1.54, 1.807) is 31.4 Å². The van der Waals surface area contributed by atoms with E-state index in [-0.39, 0.29) is 30.7 Å². The predicted octanol–water partition coefficient (Wildman–Crippen LogP) is 2.17. The zero-order chi connectivity index (χ0) is 15.1. The highest BCUT2D eigenvalue weighted by Crippen LogP contribution is 2.25. The molecule has 0 aromatic heterocycles. The van der Waals surface area contributed by atoms with Gasteiger partial charge in [-0.15, -0.1) is 0 Å². The molecule has 1 aromatic carbocycles. The van der Waals surface area contributed by atoms with Gasteiger partial charge in [-0.25, -0.2) is 0 Å². The van der Waals surface area contributed by atoms with Gasteiger partial charge in [-0.3, -0.25) is 9.59 Å². The lowest BCUT2D eigenvalue weighted by molar-refractivity contribution is -0.137. The Bertz CT molecular complexity index is 453. The van der Waals surface area contributed by atoms with Crippen LogP contribution in [0.1, 0.15) is 38.2 Å². The van der Waals surface area contributed by atoms with Gasteiger partial charge in [-0.05, 0) is 31.5 Å². The van der Waals surface area contributed by atoms with Crippen molar-refractivity contribution in [2.45, 2.75) is 38.6 Å². The highest BCUT2D eigenvalue weighted by atomic mass is 16.5. The molecule has 0 radical (unpaired) electrons. The Labute approximate surface area is 118 Å². The van der Waals surface area contributed by atoms with Gasteiger partial charge in [0.05, 0.1) is 13.5 Å². The first-order valence-corrected chi connectivity index (χ1v) is 6.57. The Kier molecular flexibility index (Phi) is 6.03. The molecule has 0 aliphatic carbocycles. The summed E-state index contributed by atoms with van der Waals surface area (Å²) in [6, 6.07) is 7.18. The number of methoxy groups -OCH3 is 1. The summed E-state index contributed by atoms with van der Waals surface area (Å²) in [5.41, 5.74) is 0.826. The van der Waals surface area contributed by atoms with Gasteiger partial charge in [0, 0.05) is 18.4 Å². The first-order chi connectivity index (χ1) is 9.42. The summed E-state index contributed by atoms with van der Waals surface area (Å²) in [7, 11) is 1.57. The van der Waals surface area contributed by atoms with E-state index in [0.29, 0.717) is 5.75 Å². The van der Waals surface area contributed by atoms with Crippen LogP contribution in [0.25, 0.3) is 0 Å². The van der Waals surface area contributed by atoms with Gasteiger partial charge in [-0.1, -0.05) is 12.1 Å². The molecule has 1 atom stereocenters. The molecule has 5 nitrogen and oxygen atoms in total. The number of nitrogens with one attached hydrogen (secondary N) is 1. The first kappa shape index (κ1) is 16.0. The van der Waals surface area contributed by atoms with Gasteiger partial charge in [-0.2, -0.15) is 0 Å². The molecule has 110 valence electrons. The quantitative estimate of drug-likeness (QED) is 0.802. The largest absolute Gasteiger partial charge is 0.497 e. The van der Waals surface area contributed by atoms with Crippen molar-refractivity contribution in [1.29, 1.82) is 0 Å². The van der Waals surface area contributed by atoms with Gasteiger partial charge < -0.3 is 15.2 Å². The number of rotatable bonds is 7. The highest BCUT2D eigenvalue weighted by Gasteiger charge is 2.19. The lowest BCUT2D eigenvalue weighted by Crippen LogP contribution is -2.31. The van der Waals surface area contributed by atoms with E-state index in [1.165, 1.54) is 0 Å². The Balaban J connectivity index is 2.81. The molecule has 0 spiro atoms. The van der Waals surface area contributed by atoms with Crippen molar-refractivity contribution in [1.82, 2.24) is 5.32 Å². The van der Waals surface area contributed by atoms with Crippen molar-refractivity contribution in [2.75, 3.05) is 7.11 Å². The molecule has 1 amide bonds. The van der Waals surface area contributed by atoms with Crippen LogP contribution in [0.3, 0.4) is 0 Å². The Morgan fingerprint density at radius 3 is 2.25 bits per heavy atom. The third kappa shape index (κ3) is 5.30. The summed E-state index contributed by atoms with van der Waals surface area (Å²) >= 11 is 0. The van der Waals surface area contributed by atoms with Crippen molar-refractivity contribution in [2.24, 2.45) is 0 Å². The van der Waals surface area contributed by atoms with Crippen LogP contribution in [0.4, 0.5) is 0 Å². The summed E-state index contributed by atoms with van der Waals surface area (Å²) in [4.78, 5) is 22.8. The first-order valence-electron chi connectivity index (χ1n) is 6.57. The van der Waals surface area contributed by atoms with Crippen LogP contribution in [0.15, 0.2) is 24.3 Å². The highest BCUT2D eigenvalue weighted by molar-refractivity contribution is 5.78. The van der Waals surface area contributed by atoms with Crippen LogP contribution in [0.2, 0.25) is 0 Å². The van der Waals surface area contributed by atoms with Crippen molar-refractivity contribution < 1.29 is 19.4 Å². The van der Waals surface area contributed by atoms with E-state index in [9.17, 15) is 9.59 Å². The summed E-state index contributed by atoms with van der Waals surface area (Å²) in [6.45, 7) is 3.75. The van der Waals surface area contributed by atoms with E-state index in [4.69, 9.17) is 9.84 Å². The molecule has 2 N–H and O–H groups in total. The zero-order valence-corrected chi connectivity index (χ0v) is 12.1. The third-order valence-electron chi connectivity index (χ3n) is 2.89. The second kappa shape index (κ2) is 7.53. The van der Waals surface area contributed by atoms with Crippen molar-refractivity contribution in [3.8, 4) is 5.75 Å². The number of carboxylic acid groups (broad SMARTS) is 1. The van der Waals surface area contributed by atoms with Crippen LogP contribution in [-0.2, 0) is 9.59 Å². The molecule has 0 aliphatic rings. The second-order valence-corrected chi connectivity index (χ2v) is 4.99. The third-order valence-corrected chi connectivity index (χ3v) is 2.89. The molecule has 1 rings (SSSR count). The number of amides is 1. The van der Waals surface area contributed by atoms with Crippen LogP contribution in [0.5, 0.6) is 5.75 Å². The van der Waals surface area contributed by atoms with Crippen LogP contribution in [-0.4, -0.2) is 30.1 Å². The zero-order valence-electron chi connectivity index (χ0n) is 12.1. The summed E-state index contributed by atoms with van der Waals surface area (Å²) in [6.07, 6.45) is 0.0919. The van der Waals surface area contributed by atoms with Crippen molar-refractivity contribution in [3.05, 3.63) is 29.8 Å². The van der Waals surface area contributed by atoms with Gasteiger partial charge in [0.15, 0.2) is 0 Å². The van der Waals surface area contributed by atoms with E-state index in [1.807, 2.05) is 13.8 Å². The number of ether oxygens (including phenoxy) is 1. The Morgan fingerprint density at radius 2 is 1.80 bits per heavy atom. The molecule has 0 saturated carbocycles. The molecular formula is C15H21NO4. The Hall–Kier alpha value is -2.04. The minimum absolute atomic E-state index is 0.0452. The second-order valence-electron chi connectivity index (χ2n) is 4.99. The molecule has 0 unspecified atom stereocenters. The number of carbonyl (C=O) groups is 2. The van der Waals surface area contributed by atoms with E-state index in [0.717, 1.165) is 5.56 Å². The normalized spacial score (nSPS) is 12.0. The minimum Gasteiger partial charge on any atom is -0.497 e. The number of hydrogen-bond donors (Lipinski definition) is 2. The SMILES string of the molecule is COc1ccc([C@@H](CC(=O)O)CC(=O)NC(C)C)cc1. The molecule has 0 saturated heterocycles. The summed E-state index contributed by atoms with van der Waals surface area (Å²) in [5, 5.41) is 11.8. The maximum absolute atomic E-state index is 11.8. The smallest absolute Gasteiger partial charge is 0.303 e. The van der Waals surface area contributed by atoms with E-state index >= 15 is 0 Å². The van der Waals surface area contributed by atoms with Crippen LogP contribution >= 0.6 is 0 Å². The average Bonchev–Trinajstić information content (AvgIpc) is 2.36. The lowest BCUT2D eigenvalue weighted by Gasteiger charge is -2.16. The number of carboxylic acids is 1. The topological polar surface area (TPSA) is 75.6 Å². The van der Waals surface area contributed by atoms with Crippen molar-refractivity contribution in [3.63, 3.8) is 0 Å². The molecule has 0 bridgehead atoms. The van der Waals surface area contributed by atoms with Gasteiger partial charge in [0.25, 0.3) is 0 Å². The molecule has 20 heavy (non-hydrogen) atoms. The summed E-state index contributed by atoms with van der Waals surface area (Å²) in [5.74, 6) is -0.683. The fourth-order valence-electron chi connectivity index (χ4n) is 2.00. The van der Waals surface area contributed by atoms with E-state index < -0.39 is 5.97 Å². The van der Waals surface area contributed by atoms with Crippen LogP contribution < -0.4 is 10.1 Å². The van der Waals surface area contributed by atoms with E-state index in [2.05, 4.69) is 5.32 Å². The average molecular weight is 279 g/mol. The van der Waals surface area contributed by atoms with Gasteiger partial charge in [0.2, 0.25) is 5.91 Å². The number of carbonyl (C=O) groups excluding carboxylic acids is 1. The molecule has 5 heteroatoms. The van der Waals surface area contributed by atoms with Crippen LogP contribution in [0, 0.1) is 0 Å². The van der Waals surface area contributed by atoms with Crippen molar-refractivity contribution >= 4 is 11.9 Å². The fraction of sp³-hybridized carbons (Fsp3) is 0.467. The van der Waals surface area contributed by atoms with Gasteiger partial charge >= 0.3 is 5.97 Å². The molecule has 0 heterocycles. The lowest BCUT2D eigenvalue weighted by atomic mass is 9.92. The standard InChI is InChI=1S/C15H21NO4/c1-10(2)16-14(17)8-12(9-15(18)19)11-4-6-13(20-3)7-5-11/h4-7,10,12H,8-9H2,1-3H3,(H,16,17)(H,18,19)/t12-/m1/s1. The number of hydrogen-bond acceptors (Lipinski definition) is 3. The number of benzene rings is 1. The maximum atomic E-state index is 11.8. The number of aliphatic carboxylic acids is 1. The summed E-state index contributed by atoms with van der Waals surface area (Å²) < 4.78 is 5.07. The molecule has 0 fully saturated rings. The predicted molar refractivity (Wildman–Crippen MR) is 75.9 cm³/mol.